The molecule has 0 fully saturated rings. The zero-order valence-corrected chi connectivity index (χ0v) is 12.7. The lowest BCUT2D eigenvalue weighted by Gasteiger charge is -2.29. The summed E-state index contributed by atoms with van der Waals surface area (Å²) < 4.78 is 5.70. The van der Waals surface area contributed by atoms with Crippen molar-refractivity contribution in [3.05, 3.63) is 35.4 Å². The van der Waals surface area contributed by atoms with E-state index in [0.29, 0.717) is 6.04 Å². The molecule has 1 atom stereocenters. The van der Waals surface area contributed by atoms with Crippen LogP contribution in [0.5, 0.6) is 0 Å². The molecule has 2 rings (SSSR count). The maximum Gasteiger partial charge on any atom is 0.0597 e. The summed E-state index contributed by atoms with van der Waals surface area (Å²) in [7, 11) is 0. The molecule has 0 radical (unpaired) electrons. The van der Waals surface area contributed by atoms with Crippen LogP contribution in [0.25, 0.3) is 0 Å². The van der Waals surface area contributed by atoms with Crippen LogP contribution in [-0.4, -0.2) is 42.4 Å². The van der Waals surface area contributed by atoms with E-state index < -0.39 is 0 Å². The molecule has 0 saturated carbocycles. The molecule has 112 valence electrons. The number of benzene rings is 1. The topological polar surface area (TPSA) is 32.7 Å². The molecular formula is C17H27NO2. The van der Waals surface area contributed by atoms with E-state index in [1.165, 1.54) is 24.0 Å². The molecule has 1 aliphatic carbocycles. The molecule has 0 spiro atoms. The lowest BCUT2D eigenvalue weighted by atomic mass is 10.1. The van der Waals surface area contributed by atoms with Gasteiger partial charge >= 0.3 is 0 Å². The first-order valence-corrected chi connectivity index (χ1v) is 7.76. The fourth-order valence-electron chi connectivity index (χ4n) is 3.02. The highest BCUT2D eigenvalue weighted by Crippen LogP contribution is 2.35. The quantitative estimate of drug-likeness (QED) is 0.793. The lowest BCUT2D eigenvalue weighted by molar-refractivity contribution is 0.0466. The van der Waals surface area contributed by atoms with Crippen molar-refractivity contribution >= 4 is 0 Å². The minimum absolute atomic E-state index is 0.260. The average Bonchev–Trinajstić information content (AvgIpc) is 2.86. The Kier molecular flexibility index (Phi) is 6.02. The molecule has 1 aromatic rings. The van der Waals surface area contributed by atoms with Gasteiger partial charge in [-0.25, -0.2) is 0 Å². The Morgan fingerprint density at radius 3 is 2.85 bits per heavy atom. The number of fused-ring (bicyclic) bond motifs is 1. The highest BCUT2D eigenvalue weighted by atomic mass is 16.5. The highest BCUT2D eigenvalue weighted by Gasteiger charge is 2.27. The van der Waals surface area contributed by atoms with E-state index >= 15 is 0 Å². The highest BCUT2D eigenvalue weighted by molar-refractivity contribution is 5.34. The minimum atomic E-state index is 0.260. The number of aliphatic hydroxyl groups excluding tert-OH is 1. The molecule has 0 aromatic heterocycles. The summed E-state index contributed by atoms with van der Waals surface area (Å²) in [6.45, 7) is 7.05. The van der Waals surface area contributed by atoms with E-state index in [9.17, 15) is 0 Å². The number of aliphatic hydroxyl groups is 1. The van der Waals surface area contributed by atoms with Crippen molar-refractivity contribution in [3.8, 4) is 0 Å². The van der Waals surface area contributed by atoms with Gasteiger partial charge in [0, 0.05) is 25.7 Å². The van der Waals surface area contributed by atoms with Crippen molar-refractivity contribution in [1.82, 2.24) is 4.90 Å². The average molecular weight is 277 g/mol. The summed E-state index contributed by atoms with van der Waals surface area (Å²) in [5, 5.41) is 9.11. The van der Waals surface area contributed by atoms with Gasteiger partial charge in [-0.2, -0.15) is 0 Å². The van der Waals surface area contributed by atoms with Crippen molar-refractivity contribution in [1.29, 1.82) is 0 Å². The van der Waals surface area contributed by atoms with Gasteiger partial charge in [-0.3, -0.25) is 4.90 Å². The van der Waals surface area contributed by atoms with Crippen LogP contribution in [0.2, 0.25) is 0 Å². The summed E-state index contributed by atoms with van der Waals surface area (Å²) in [4.78, 5) is 2.48. The Balaban J connectivity index is 1.99. The monoisotopic (exact) mass is 277 g/mol. The molecule has 0 bridgehead atoms. The number of nitrogens with zero attached hydrogens (tertiary/aromatic N) is 1. The van der Waals surface area contributed by atoms with E-state index in [1.54, 1.807) is 0 Å². The third-order valence-electron chi connectivity index (χ3n) is 3.98. The summed E-state index contributed by atoms with van der Waals surface area (Å²) in [5.74, 6) is 0. The molecule has 0 amide bonds. The maximum absolute atomic E-state index is 9.11. The van der Waals surface area contributed by atoms with Crippen molar-refractivity contribution in [2.75, 3.05) is 26.3 Å². The van der Waals surface area contributed by atoms with Crippen LogP contribution in [0.3, 0.4) is 0 Å². The summed E-state index contributed by atoms with van der Waals surface area (Å²) in [6.07, 6.45) is 3.47. The Labute approximate surface area is 122 Å². The van der Waals surface area contributed by atoms with Gasteiger partial charge in [-0.15, -0.1) is 0 Å². The lowest BCUT2D eigenvalue weighted by Crippen LogP contribution is -2.33. The second-order valence-electron chi connectivity index (χ2n) is 5.79. The van der Waals surface area contributed by atoms with E-state index in [4.69, 9.17) is 9.84 Å². The van der Waals surface area contributed by atoms with Crippen molar-refractivity contribution in [2.45, 2.75) is 45.3 Å². The summed E-state index contributed by atoms with van der Waals surface area (Å²) >= 11 is 0. The van der Waals surface area contributed by atoms with Gasteiger partial charge in [0.15, 0.2) is 0 Å². The second-order valence-corrected chi connectivity index (χ2v) is 5.79. The molecule has 3 heteroatoms. The number of hydrogen-bond donors (Lipinski definition) is 1. The molecule has 20 heavy (non-hydrogen) atoms. The molecular weight excluding hydrogens is 250 g/mol. The molecule has 0 aliphatic heterocycles. The largest absolute Gasteiger partial charge is 0.396 e. The zero-order chi connectivity index (χ0) is 14.4. The maximum atomic E-state index is 9.11. The standard InChI is InChI=1S/C17H27NO2/c1-14(2)20-13-11-18(10-5-12-19)17-9-8-15-6-3-4-7-16(15)17/h3-4,6-7,14,17,19H,5,8-13H2,1-2H3. The normalized spacial score (nSPS) is 17.9. The molecule has 0 heterocycles. The fourth-order valence-corrected chi connectivity index (χ4v) is 3.02. The fraction of sp³-hybridized carbons (Fsp3) is 0.647. The van der Waals surface area contributed by atoms with Gasteiger partial charge < -0.3 is 9.84 Å². The molecule has 1 unspecified atom stereocenters. The number of hydrogen-bond acceptors (Lipinski definition) is 3. The van der Waals surface area contributed by atoms with Gasteiger partial charge in [0.25, 0.3) is 0 Å². The number of ether oxygens (including phenoxy) is 1. The summed E-state index contributed by atoms with van der Waals surface area (Å²) in [5.41, 5.74) is 2.95. The van der Waals surface area contributed by atoms with Gasteiger partial charge in [-0.1, -0.05) is 24.3 Å². The number of rotatable bonds is 8. The molecule has 0 saturated heterocycles. The Bertz CT molecular complexity index is 406. The predicted octanol–water partition coefficient (Wildman–Crippen LogP) is 2.78. The van der Waals surface area contributed by atoms with Gasteiger partial charge in [-0.05, 0) is 44.2 Å². The first kappa shape index (κ1) is 15.5. The van der Waals surface area contributed by atoms with Crippen molar-refractivity contribution < 1.29 is 9.84 Å². The van der Waals surface area contributed by atoms with Gasteiger partial charge in [0.05, 0.1) is 12.7 Å². The van der Waals surface area contributed by atoms with E-state index in [0.717, 1.165) is 26.1 Å². The van der Waals surface area contributed by atoms with Crippen LogP contribution in [0.1, 0.15) is 43.9 Å². The predicted molar refractivity (Wildman–Crippen MR) is 81.9 cm³/mol. The van der Waals surface area contributed by atoms with Crippen molar-refractivity contribution in [3.63, 3.8) is 0 Å². The van der Waals surface area contributed by atoms with E-state index in [-0.39, 0.29) is 12.7 Å². The Morgan fingerprint density at radius 2 is 2.10 bits per heavy atom. The third-order valence-corrected chi connectivity index (χ3v) is 3.98. The number of aryl methyl sites for hydroxylation is 1. The molecule has 1 aromatic carbocycles. The first-order chi connectivity index (χ1) is 9.72. The first-order valence-electron chi connectivity index (χ1n) is 7.76. The van der Waals surface area contributed by atoms with E-state index in [1.807, 2.05) is 0 Å². The summed E-state index contributed by atoms with van der Waals surface area (Å²) in [6, 6.07) is 9.24. The Morgan fingerprint density at radius 1 is 1.30 bits per heavy atom. The smallest absolute Gasteiger partial charge is 0.0597 e. The van der Waals surface area contributed by atoms with Crippen LogP contribution < -0.4 is 0 Å². The zero-order valence-electron chi connectivity index (χ0n) is 12.7. The van der Waals surface area contributed by atoms with Crippen LogP contribution in [0.15, 0.2) is 24.3 Å². The van der Waals surface area contributed by atoms with Crippen LogP contribution in [0.4, 0.5) is 0 Å². The van der Waals surface area contributed by atoms with Gasteiger partial charge in [0.1, 0.15) is 0 Å². The van der Waals surface area contributed by atoms with Crippen LogP contribution >= 0.6 is 0 Å². The third kappa shape index (κ3) is 4.05. The molecule has 1 N–H and O–H groups in total. The van der Waals surface area contributed by atoms with Crippen LogP contribution in [-0.2, 0) is 11.2 Å². The molecule has 1 aliphatic rings. The SMILES string of the molecule is CC(C)OCCN(CCCO)C1CCc2ccccc21. The Hall–Kier alpha value is -0.900. The molecule has 3 nitrogen and oxygen atoms in total. The van der Waals surface area contributed by atoms with Crippen LogP contribution in [0, 0.1) is 0 Å². The van der Waals surface area contributed by atoms with E-state index in [2.05, 4.69) is 43.0 Å². The second kappa shape index (κ2) is 7.77. The minimum Gasteiger partial charge on any atom is -0.396 e. The van der Waals surface area contributed by atoms with Gasteiger partial charge in [0.2, 0.25) is 0 Å². The van der Waals surface area contributed by atoms with Crippen molar-refractivity contribution in [2.24, 2.45) is 0 Å².